The van der Waals surface area contributed by atoms with Gasteiger partial charge in [0.1, 0.15) is 6.04 Å². The van der Waals surface area contributed by atoms with E-state index >= 15 is 0 Å². The molecule has 0 aromatic heterocycles. The van der Waals surface area contributed by atoms with Crippen LogP contribution in [0.25, 0.3) is 0 Å². The van der Waals surface area contributed by atoms with Crippen molar-refractivity contribution in [2.75, 3.05) is 12.4 Å². The van der Waals surface area contributed by atoms with Gasteiger partial charge in [-0.05, 0) is 37.1 Å². The maximum atomic E-state index is 12.7. The number of carbonyl (C=O) groups is 2. The highest BCUT2D eigenvalue weighted by Gasteiger charge is 2.25. The maximum absolute atomic E-state index is 12.7. The third-order valence-electron chi connectivity index (χ3n) is 4.16. The average molecular weight is 406 g/mol. The first-order valence-electron chi connectivity index (χ1n) is 9.02. The molecule has 0 bridgehead atoms. The Morgan fingerprint density at radius 3 is 2.34 bits per heavy atom. The number of carbonyl (C=O) groups excluding carboxylic acids is 2. The van der Waals surface area contributed by atoms with E-state index in [1.165, 1.54) is 25.3 Å². The van der Waals surface area contributed by atoms with Crippen molar-refractivity contribution in [3.63, 3.8) is 0 Å². The molecule has 0 saturated heterocycles. The highest BCUT2D eigenvalue weighted by atomic mass is 19.3. The summed E-state index contributed by atoms with van der Waals surface area (Å²) in [5.41, 5.74) is 1.61. The Labute approximate surface area is 168 Å². The van der Waals surface area contributed by atoms with Crippen LogP contribution >= 0.6 is 0 Å². The molecule has 2 aromatic carbocycles. The molecule has 0 heterocycles. The zero-order chi connectivity index (χ0) is 21.6. The first-order chi connectivity index (χ1) is 13.7. The maximum Gasteiger partial charge on any atom is 0.387 e. The number of nitrogens with one attached hydrogen (secondary N) is 2. The summed E-state index contributed by atoms with van der Waals surface area (Å²) < 4.78 is 34.6. The van der Waals surface area contributed by atoms with E-state index in [0.717, 1.165) is 5.56 Å². The molecule has 2 amide bonds. The molecule has 0 spiro atoms. The topological polar surface area (TPSA) is 76.7 Å². The zero-order valence-corrected chi connectivity index (χ0v) is 16.7. The minimum atomic E-state index is -3.04. The molecule has 2 rings (SSSR count). The van der Waals surface area contributed by atoms with Gasteiger partial charge < -0.3 is 20.1 Å². The van der Waals surface area contributed by atoms with Crippen LogP contribution in [0.2, 0.25) is 0 Å². The van der Waals surface area contributed by atoms with Crippen molar-refractivity contribution in [3.05, 3.63) is 53.6 Å². The Bertz CT molecular complexity index is 872. The highest BCUT2D eigenvalue weighted by molar-refractivity contribution is 6.01. The Balaban J connectivity index is 2.16. The summed E-state index contributed by atoms with van der Waals surface area (Å²) in [6, 6.07) is 10.3. The second kappa shape index (κ2) is 9.86. The van der Waals surface area contributed by atoms with Gasteiger partial charge in [0.05, 0.1) is 7.11 Å². The monoisotopic (exact) mass is 406 g/mol. The molecule has 0 aliphatic carbocycles. The van der Waals surface area contributed by atoms with Crippen LogP contribution in [0.5, 0.6) is 11.5 Å². The molecule has 0 saturated carbocycles. The van der Waals surface area contributed by atoms with Gasteiger partial charge in [0.25, 0.3) is 5.91 Å². The van der Waals surface area contributed by atoms with Gasteiger partial charge in [0, 0.05) is 17.3 Å². The quantitative estimate of drug-likeness (QED) is 0.695. The number of halogens is 2. The minimum absolute atomic E-state index is 0.108. The number of benzene rings is 2. The number of ether oxygens (including phenoxy) is 2. The number of anilines is 1. The van der Waals surface area contributed by atoms with Crippen LogP contribution in [0.15, 0.2) is 42.5 Å². The lowest BCUT2D eigenvalue weighted by molar-refractivity contribution is -0.118. The highest BCUT2D eigenvalue weighted by Crippen LogP contribution is 2.31. The van der Waals surface area contributed by atoms with Gasteiger partial charge in [-0.3, -0.25) is 9.59 Å². The lowest BCUT2D eigenvalue weighted by Crippen LogP contribution is -2.47. The standard InChI is InChI=1S/C21H24F2N2O4/c1-12(2)18(25-19(26)14-7-5-6-13(3)10-14)20(27)24-15-8-9-16(28-4)17(11-15)29-21(22)23/h5-12,18,21H,1-4H3,(H,24,27)(H,25,26). The Morgan fingerprint density at radius 2 is 1.76 bits per heavy atom. The Morgan fingerprint density at radius 1 is 1.03 bits per heavy atom. The molecule has 0 aliphatic heterocycles. The van der Waals surface area contributed by atoms with Crippen LogP contribution in [-0.4, -0.2) is 31.6 Å². The largest absolute Gasteiger partial charge is 0.493 e. The van der Waals surface area contributed by atoms with Crippen molar-refractivity contribution in [1.82, 2.24) is 5.32 Å². The van der Waals surface area contributed by atoms with Crippen LogP contribution in [-0.2, 0) is 4.79 Å². The Hall–Kier alpha value is -3.16. The van der Waals surface area contributed by atoms with E-state index in [9.17, 15) is 18.4 Å². The fourth-order valence-electron chi connectivity index (χ4n) is 2.71. The van der Waals surface area contributed by atoms with Crippen LogP contribution in [0.3, 0.4) is 0 Å². The summed E-state index contributed by atoms with van der Waals surface area (Å²) in [6.45, 7) is 2.42. The summed E-state index contributed by atoms with van der Waals surface area (Å²) in [5.74, 6) is -1.16. The summed E-state index contributed by atoms with van der Waals surface area (Å²) in [6.07, 6.45) is 0. The van der Waals surface area contributed by atoms with E-state index in [1.54, 1.807) is 32.0 Å². The zero-order valence-electron chi connectivity index (χ0n) is 16.7. The molecule has 1 atom stereocenters. The lowest BCUT2D eigenvalue weighted by Gasteiger charge is -2.22. The van der Waals surface area contributed by atoms with Crippen molar-refractivity contribution in [2.45, 2.75) is 33.4 Å². The number of methoxy groups -OCH3 is 1. The molecule has 2 N–H and O–H groups in total. The van der Waals surface area contributed by atoms with Gasteiger partial charge in [-0.25, -0.2) is 0 Å². The number of hydrogen-bond acceptors (Lipinski definition) is 4. The summed E-state index contributed by atoms with van der Waals surface area (Å²) in [5, 5.41) is 5.34. The molecule has 1 unspecified atom stereocenters. The van der Waals surface area contributed by atoms with Gasteiger partial charge in [-0.1, -0.05) is 31.5 Å². The molecule has 8 heteroatoms. The number of hydrogen-bond donors (Lipinski definition) is 2. The molecule has 6 nitrogen and oxygen atoms in total. The van der Waals surface area contributed by atoms with Crippen LogP contribution in [0.4, 0.5) is 14.5 Å². The number of aryl methyl sites for hydroxylation is 1. The Kier molecular flexibility index (Phi) is 7.52. The van der Waals surface area contributed by atoms with Crippen LogP contribution < -0.4 is 20.1 Å². The van der Waals surface area contributed by atoms with Crippen molar-refractivity contribution >= 4 is 17.5 Å². The normalized spacial score (nSPS) is 11.9. The third-order valence-corrected chi connectivity index (χ3v) is 4.16. The van der Waals surface area contributed by atoms with Gasteiger partial charge in [0.2, 0.25) is 5.91 Å². The molecule has 156 valence electrons. The van der Waals surface area contributed by atoms with Crippen molar-refractivity contribution in [3.8, 4) is 11.5 Å². The van der Waals surface area contributed by atoms with E-state index in [4.69, 9.17) is 4.74 Å². The SMILES string of the molecule is COc1ccc(NC(=O)C(NC(=O)c2cccc(C)c2)C(C)C)cc1OC(F)F. The number of rotatable bonds is 8. The fourth-order valence-corrected chi connectivity index (χ4v) is 2.71. The third kappa shape index (κ3) is 6.17. The fraction of sp³-hybridized carbons (Fsp3) is 0.333. The van der Waals surface area contributed by atoms with Crippen molar-refractivity contribution < 1.29 is 27.8 Å². The molecule has 2 aromatic rings. The van der Waals surface area contributed by atoms with E-state index in [0.29, 0.717) is 5.56 Å². The van der Waals surface area contributed by atoms with Crippen LogP contribution in [0, 0.1) is 12.8 Å². The first kappa shape index (κ1) is 22.1. The minimum Gasteiger partial charge on any atom is -0.493 e. The molecular formula is C21H24F2N2O4. The predicted octanol–water partition coefficient (Wildman–Crippen LogP) is 4.00. The van der Waals surface area contributed by atoms with E-state index < -0.39 is 18.6 Å². The summed E-state index contributed by atoms with van der Waals surface area (Å²) >= 11 is 0. The van der Waals surface area contributed by atoms with Crippen molar-refractivity contribution in [1.29, 1.82) is 0 Å². The number of amides is 2. The second-order valence-corrected chi connectivity index (χ2v) is 6.80. The molecule has 0 fully saturated rings. The second-order valence-electron chi connectivity index (χ2n) is 6.80. The molecule has 29 heavy (non-hydrogen) atoms. The van der Waals surface area contributed by atoms with Gasteiger partial charge >= 0.3 is 6.61 Å². The van der Waals surface area contributed by atoms with Gasteiger partial charge in [0.15, 0.2) is 11.5 Å². The van der Waals surface area contributed by atoms with E-state index in [1.807, 2.05) is 13.0 Å². The smallest absolute Gasteiger partial charge is 0.387 e. The number of alkyl halides is 2. The molecular weight excluding hydrogens is 382 g/mol. The van der Waals surface area contributed by atoms with Crippen molar-refractivity contribution in [2.24, 2.45) is 5.92 Å². The van der Waals surface area contributed by atoms with Gasteiger partial charge in [-0.2, -0.15) is 8.78 Å². The molecule has 0 radical (unpaired) electrons. The first-order valence-corrected chi connectivity index (χ1v) is 9.02. The molecule has 0 aliphatic rings. The average Bonchev–Trinajstić information content (AvgIpc) is 2.65. The van der Waals surface area contributed by atoms with Crippen LogP contribution in [0.1, 0.15) is 29.8 Å². The predicted molar refractivity (Wildman–Crippen MR) is 106 cm³/mol. The summed E-state index contributed by atoms with van der Waals surface area (Å²) in [4.78, 5) is 25.2. The van der Waals surface area contributed by atoms with E-state index in [2.05, 4.69) is 15.4 Å². The lowest BCUT2D eigenvalue weighted by atomic mass is 10.0. The van der Waals surface area contributed by atoms with Gasteiger partial charge in [-0.15, -0.1) is 0 Å². The van der Waals surface area contributed by atoms with E-state index in [-0.39, 0.29) is 29.0 Å². The summed E-state index contributed by atoms with van der Waals surface area (Å²) in [7, 11) is 1.32.